The van der Waals surface area contributed by atoms with Crippen molar-refractivity contribution in [3.05, 3.63) is 0 Å². The molecule has 8 heteroatoms. The summed E-state index contributed by atoms with van der Waals surface area (Å²) in [6, 6.07) is 0. The van der Waals surface area contributed by atoms with E-state index in [1.807, 2.05) is 0 Å². The van der Waals surface area contributed by atoms with Crippen molar-refractivity contribution in [3.63, 3.8) is 0 Å². The molecule has 8 heavy (non-hydrogen) atoms. The van der Waals surface area contributed by atoms with Crippen LogP contribution in [0.2, 0.25) is 0 Å². The van der Waals surface area contributed by atoms with Crippen LogP contribution in [0, 0.1) is 0 Å². The molecule has 0 bridgehead atoms. The van der Waals surface area contributed by atoms with Gasteiger partial charge in [-0.05, 0) is 0 Å². The van der Waals surface area contributed by atoms with E-state index >= 15 is 0 Å². The maximum Gasteiger partial charge on any atom is 0 e. The summed E-state index contributed by atoms with van der Waals surface area (Å²) in [6.07, 6.45) is 0. The van der Waals surface area contributed by atoms with E-state index in [0.29, 0.717) is 0 Å². The molecule has 0 unspecified atom stereocenters. The van der Waals surface area contributed by atoms with Crippen molar-refractivity contribution in [2.24, 2.45) is 0 Å². The van der Waals surface area contributed by atoms with Crippen molar-refractivity contribution in [3.8, 4) is 0 Å². The van der Waals surface area contributed by atoms with E-state index in [2.05, 4.69) is 0 Å². The van der Waals surface area contributed by atoms with Crippen LogP contribution in [0.5, 0.6) is 0 Å². The maximum absolute atomic E-state index is 0. The molecule has 7 nitrogen and oxygen atoms in total. The van der Waals surface area contributed by atoms with E-state index in [4.69, 9.17) is 0 Å². The predicted octanol–water partition coefficient (Wildman–Crippen LogP) is -5.78. The summed E-state index contributed by atoms with van der Waals surface area (Å²) in [7, 11) is 0. The van der Waals surface area contributed by atoms with Crippen LogP contribution in [0.4, 0.5) is 0 Å². The van der Waals surface area contributed by atoms with E-state index in [0.717, 1.165) is 0 Å². The molecule has 0 atom stereocenters. The van der Waals surface area contributed by atoms with E-state index in [9.17, 15) is 0 Å². The van der Waals surface area contributed by atoms with Crippen LogP contribution in [0.15, 0.2) is 0 Å². The zero-order valence-corrected chi connectivity index (χ0v) is 4.87. The second-order valence-corrected chi connectivity index (χ2v) is 0. The molecule has 0 heterocycles. The molecule has 0 spiro atoms. The largest absolute Gasteiger partial charge is 0.412 e. The Morgan fingerprint density at radius 1 is 0.250 bits per heavy atom. The molecule has 0 amide bonds. The molecule has 0 aliphatic heterocycles. The fourth-order valence-corrected chi connectivity index (χ4v) is 0. The monoisotopic (exact) mass is 185 g/mol. The Labute approximate surface area is 56.1 Å². The molecule has 0 fully saturated rings. The Balaban J connectivity index is 0. The van der Waals surface area contributed by atoms with Crippen LogP contribution in [0.3, 0.4) is 0 Å². The van der Waals surface area contributed by atoms with E-state index < -0.39 is 0 Å². The van der Waals surface area contributed by atoms with E-state index in [1.165, 1.54) is 0 Å². The van der Waals surface area contributed by atoms with Crippen molar-refractivity contribution in [1.29, 1.82) is 0 Å². The summed E-state index contributed by atoms with van der Waals surface area (Å²) in [6.45, 7) is 0. The van der Waals surface area contributed by atoms with E-state index in [1.54, 1.807) is 0 Å². The summed E-state index contributed by atoms with van der Waals surface area (Å²) < 4.78 is 0. The smallest absolute Gasteiger partial charge is 0 e. The van der Waals surface area contributed by atoms with Crippen LogP contribution >= 0.6 is 0 Å². The quantitative estimate of drug-likeness (QED) is 0.343. The van der Waals surface area contributed by atoms with Gasteiger partial charge in [0.1, 0.15) is 0 Å². The Bertz CT molecular complexity index is 4.35. The molecular weight excluding hydrogens is 171 g/mol. The predicted molar refractivity (Wildman–Crippen MR) is 25.3 cm³/mol. The summed E-state index contributed by atoms with van der Waals surface area (Å²) in [4.78, 5) is 0. The normalized spacial score (nSPS) is 0. The molecular formula is H14CoO7. The Kier molecular flexibility index (Phi) is 5720000. The first-order valence-corrected chi connectivity index (χ1v) is 0. The van der Waals surface area contributed by atoms with Crippen LogP contribution in [0.25, 0.3) is 0 Å². The van der Waals surface area contributed by atoms with Gasteiger partial charge in [0.15, 0.2) is 0 Å². The third-order valence-electron chi connectivity index (χ3n) is 0. The van der Waals surface area contributed by atoms with Crippen LogP contribution in [-0.2, 0) is 16.8 Å². The van der Waals surface area contributed by atoms with Crippen molar-refractivity contribution in [1.82, 2.24) is 0 Å². The second-order valence-electron chi connectivity index (χ2n) is 0. The summed E-state index contributed by atoms with van der Waals surface area (Å²) in [5.41, 5.74) is 0. The molecule has 14 N–H and O–H groups in total. The molecule has 0 saturated carbocycles. The van der Waals surface area contributed by atoms with Gasteiger partial charge in [-0.1, -0.05) is 0 Å². The summed E-state index contributed by atoms with van der Waals surface area (Å²) in [5.74, 6) is 0. The number of rotatable bonds is 0. The SMILES string of the molecule is O.O.O.O.O.O.O.[Co]. The third-order valence-corrected chi connectivity index (χ3v) is 0. The van der Waals surface area contributed by atoms with Crippen LogP contribution in [-0.4, -0.2) is 38.3 Å². The average molecular weight is 185 g/mol. The van der Waals surface area contributed by atoms with Gasteiger partial charge in [-0.15, -0.1) is 0 Å². The van der Waals surface area contributed by atoms with Gasteiger partial charge in [0.05, 0.1) is 0 Å². The van der Waals surface area contributed by atoms with Crippen molar-refractivity contribution in [2.75, 3.05) is 0 Å². The van der Waals surface area contributed by atoms with Crippen molar-refractivity contribution < 1.29 is 55.1 Å². The summed E-state index contributed by atoms with van der Waals surface area (Å²) >= 11 is 0. The first-order valence-electron chi connectivity index (χ1n) is 0. The average Bonchev–Trinajstić information content (AvgIpc) is 0. The van der Waals surface area contributed by atoms with Gasteiger partial charge in [-0.25, -0.2) is 0 Å². The van der Waals surface area contributed by atoms with Gasteiger partial charge < -0.3 is 38.3 Å². The molecule has 0 aromatic rings. The molecule has 0 saturated heterocycles. The molecule has 1 radical (unpaired) electrons. The van der Waals surface area contributed by atoms with Crippen LogP contribution in [0.1, 0.15) is 0 Å². The van der Waals surface area contributed by atoms with Gasteiger partial charge in [0, 0.05) is 16.8 Å². The standard InChI is InChI=1S/Co.7H2O/h;7*1H2. The third kappa shape index (κ3) is 3320. The molecule has 0 aromatic heterocycles. The molecule has 65 valence electrons. The van der Waals surface area contributed by atoms with Gasteiger partial charge >= 0.3 is 0 Å². The maximum atomic E-state index is 0. The van der Waals surface area contributed by atoms with Crippen LogP contribution < -0.4 is 0 Å². The van der Waals surface area contributed by atoms with E-state index in [-0.39, 0.29) is 55.1 Å². The molecule has 0 aliphatic rings. The van der Waals surface area contributed by atoms with Gasteiger partial charge in [0.2, 0.25) is 0 Å². The minimum absolute atomic E-state index is 0. The minimum Gasteiger partial charge on any atom is -0.412 e. The second kappa shape index (κ2) is 5460. The van der Waals surface area contributed by atoms with Crippen molar-refractivity contribution in [2.45, 2.75) is 0 Å². The molecule has 0 rings (SSSR count). The fraction of sp³-hybridized carbons (Fsp3) is 0. The Morgan fingerprint density at radius 3 is 0.250 bits per heavy atom. The van der Waals surface area contributed by atoms with Crippen molar-refractivity contribution >= 4 is 0 Å². The van der Waals surface area contributed by atoms with Gasteiger partial charge in [-0.2, -0.15) is 0 Å². The molecule has 0 aliphatic carbocycles. The number of hydrogen-bond acceptors (Lipinski definition) is 0. The molecule has 0 aromatic carbocycles. The number of hydrogen-bond donors (Lipinski definition) is 0. The van der Waals surface area contributed by atoms with Gasteiger partial charge in [-0.3, -0.25) is 0 Å². The topological polar surface area (TPSA) is 220 Å². The Hall–Kier alpha value is 0.226. The first kappa shape index (κ1) is 8370. The zero-order chi connectivity index (χ0) is 0. The fourth-order valence-electron chi connectivity index (χ4n) is 0. The Morgan fingerprint density at radius 2 is 0.250 bits per heavy atom. The first-order chi connectivity index (χ1) is 0. The van der Waals surface area contributed by atoms with Gasteiger partial charge in [0.25, 0.3) is 0 Å². The minimum atomic E-state index is 0. The summed E-state index contributed by atoms with van der Waals surface area (Å²) in [5, 5.41) is 0. The zero-order valence-electron chi connectivity index (χ0n) is 3.83.